The molecule has 1 aliphatic carbocycles. The summed E-state index contributed by atoms with van der Waals surface area (Å²) in [6, 6.07) is 21.5. The van der Waals surface area contributed by atoms with Gasteiger partial charge in [0.05, 0.1) is 11.2 Å². The predicted octanol–water partition coefficient (Wildman–Crippen LogP) is 5.21. The number of rotatable bonds is 6. The molecule has 2 aliphatic heterocycles. The first-order valence-corrected chi connectivity index (χ1v) is 15.1. The molecule has 1 saturated carbocycles. The lowest BCUT2D eigenvalue weighted by molar-refractivity contribution is 0.0527. The Morgan fingerprint density at radius 2 is 1.77 bits per heavy atom. The van der Waals surface area contributed by atoms with E-state index in [1.165, 1.54) is 5.70 Å². The third-order valence-electron chi connectivity index (χ3n) is 9.16. The lowest BCUT2D eigenvalue weighted by Gasteiger charge is -2.46. The summed E-state index contributed by atoms with van der Waals surface area (Å²) >= 11 is 0. The Balaban J connectivity index is 1.02. The summed E-state index contributed by atoms with van der Waals surface area (Å²) in [5.41, 5.74) is 16.6. The highest BCUT2D eigenvalue weighted by Crippen LogP contribution is 2.42. The van der Waals surface area contributed by atoms with Gasteiger partial charge in [0.25, 0.3) is 0 Å². The topological polar surface area (TPSA) is 87.6 Å². The van der Waals surface area contributed by atoms with Crippen molar-refractivity contribution in [2.24, 2.45) is 0 Å². The van der Waals surface area contributed by atoms with Gasteiger partial charge in [0, 0.05) is 85.5 Å². The fraction of sp³-hybridized carbons (Fsp3) is 0.257. The van der Waals surface area contributed by atoms with Crippen LogP contribution in [0.4, 0.5) is 5.82 Å². The molecule has 1 saturated heterocycles. The number of piperazine rings is 1. The van der Waals surface area contributed by atoms with Crippen molar-refractivity contribution in [1.82, 2.24) is 34.5 Å². The molecule has 8 heteroatoms. The predicted molar refractivity (Wildman–Crippen MR) is 171 cm³/mol. The minimum absolute atomic E-state index is 0.393. The number of fused-ring (bicyclic) bond motifs is 2. The smallest absolute Gasteiger partial charge is 0.150 e. The monoisotopic (exact) mass is 566 g/mol. The van der Waals surface area contributed by atoms with Gasteiger partial charge >= 0.3 is 0 Å². The van der Waals surface area contributed by atoms with Crippen LogP contribution in [-0.2, 0) is 0 Å². The SMILES string of the molecule is Nc1nccn2c1c(-c1ccc3ccc(-c4ccccc4)nc3c1)nc2[C@H]1C[C@@H](N2CCN(CC3=CC=C=CN3)CC2)C1. The zero-order valence-corrected chi connectivity index (χ0v) is 24.0. The Labute approximate surface area is 250 Å². The number of hydrogen-bond donors (Lipinski definition) is 2. The van der Waals surface area contributed by atoms with Crippen molar-refractivity contribution in [3.63, 3.8) is 0 Å². The number of aromatic nitrogens is 4. The molecule has 3 aliphatic rings. The minimum Gasteiger partial charge on any atom is -0.382 e. The number of nitrogens with two attached hydrogens (primary N) is 1. The lowest BCUT2D eigenvalue weighted by atomic mass is 9.78. The lowest BCUT2D eigenvalue weighted by Crippen LogP contribution is -2.54. The molecule has 0 radical (unpaired) electrons. The van der Waals surface area contributed by atoms with Crippen molar-refractivity contribution in [2.45, 2.75) is 24.8 Å². The van der Waals surface area contributed by atoms with Crippen LogP contribution in [0.25, 0.3) is 38.9 Å². The van der Waals surface area contributed by atoms with Crippen molar-refractivity contribution in [1.29, 1.82) is 0 Å². The van der Waals surface area contributed by atoms with E-state index in [2.05, 4.69) is 78.8 Å². The molecule has 5 aromatic rings. The van der Waals surface area contributed by atoms with Gasteiger partial charge in [-0.2, -0.15) is 0 Å². The van der Waals surface area contributed by atoms with Crippen LogP contribution in [0.2, 0.25) is 0 Å². The van der Waals surface area contributed by atoms with E-state index in [0.29, 0.717) is 17.8 Å². The van der Waals surface area contributed by atoms with Crippen molar-refractivity contribution in [2.75, 3.05) is 38.5 Å². The maximum absolute atomic E-state index is 6.49. The summed E-state index contributed by atoms with van der Waals surface area (Å²) in [6.45, 7) is 5.36. The van der Waals surface area contributed by atoms with Gasteiger partial charge in [-0.1, -0.05) is 48.5 Å². The molecular formula is C35H34N8. The first-order chi connectivity index (χ1) is 21.2. The molecule has 0 bridgehead atoms. The molecule has 8 rings (SSSR count). The average Bonchev–Trinajstić information content (AvgIpc) is 3.42. The summed E-state index contributed by atoms with van der Waals surface area (Å²) in [7, 11) is 0. The van der Waals surface area contributed by atoms with Crippen LogP contribution >= 0.6 is 0 Å². The third kappa shape index (κ3) is 4.89. The number of allylic oxidation sites excluding steroid dienone is 2. The molecular weight excluding hydrogens is 532 g/mol. The first-order valence-electron chi connectivity index (χ1n) is 15.1. The Morgan fingerprint density at radius 1 is 0.930 bits per heavy atom. The highest BCUT2D eigenvalue weighted by atomic mass is 15.3. The van der Waals surface area contributed by atoms with Crippen molar-refractivity contribution >= 4 is 22.2 Å². The molecule has 3 aromatic heterocycles. The molecule has 0 amide bonds. The Bertz CT molecular complexity index is 1900. The van der Waals surface area contributed by atoms with E-state index in [-0.39, 0.29) is 0 Å². The normalized spacial score (nSPS) is 20.7. The van der Waals surface area contributed by atoms with E-state index < -0.39 is 0 Å². The summed E-state index contributed by atoms with van der Waals surface area (Å²) in [6.07, 6.45) is 12.0. The van der Waals surface area contributed by atoms with Crippen LogP contribution in [0.1, 0.15) is 24.6 Å². The number of pyridine rings is 1. The molecule has 214 valence electrons. The van der Waals surface area contributed by atoms with Gasteiger partial charge < -0.3 is 11.1 Å². The first kappa shape index (κ1) is 25.9. The standard InChI is InChI=1S/C35H34N8/c36-34-33-32(26-10-9-25-11-12-30(39-31(25)22-26)24-6-2-1-3-7-24)40-35(43(33)15-14-38-34)27-20-29(21-27)42-18-16-41(17-19-42)23-28-8-4-5-13-37-28/h1-4,6-15,22,27,29,37H,16-21,23H2,(H2,36,38)/t27-,29+. The molecule has 0 unspecified atom stereocenters. The number of hydrogen-bond acceptors (Lipinski definition) is 7. The van der Waals surface area contributed by atoms with E-state index >= 15 is 0 Å². The Morgan fingerprint density at radius 3 is 2.58 bits per heavy atom. The number of nitrogen functional groups attached to an aromatic ring is 1. The maximum atomic E-state index is 6.49. The Kier molecular flexibility index (Phi) is 6.52. The summed E-state index contributed by atoms with van der Waals surface area (Å²) in [5.74, 6) is 1.98. The quantitative estimate of drug-likeness (QED) is 0.273. The maximum Gasteiger partial charge on any atom is 0.150 e. The molecule has 2 fully saturated rings. The Hall–Kier alpha value is -4.75. The summed E-state index contributed by atoms with van der Waals surface area (Å²) in [5, 5.41) is 4.41. The highest BCUT2D eigenvalue weighted by Gasteiger charge is 2.38. The van der Waals surface area contributed by atoms with Crippen LogP contribution in [0, 0.1) is 0 Å². The third-order valence-corrected chi connectivity index (χ3v) is 9.16. The van der Waals surface area contributed by atoms with E-state index in [4.69, 9.17) is 15.7 Å². The fourth-order valence-corrected chi connectivity index (χ4v) is 6.71. The van der Waals surface area contributed by atoms with Gasteiger partial charge in [0.2, 0.25) is 0 Å². The number of nitrogens with one attached hydrogen (secondary N) is 1. The molecule has 2 aromatic carbocycles. The summed E-state index contributed by atoms with van der Waals surface area (Å²) in [4.78, 5) is 19.9. The van der Waals surface area contributed by atoms with Gasteiger partial charge in [-0.3, -0.25) is 14.2 Å². The largest absolute Gasteiger partial charge is 0.382 e. The van der Waals surface area contributed by atoms with E-state index in [1.807, 2.05) is 36.7 Å². The highest BCUT2D eigenvalue weighted by molar-refractivity contribution is 5.91. The molecule has 5 heterocycles. The van der Waals surface area contributed by atoms with Crippen LogP contribution < -0.4 is 11.1 Å². The molecule has 0 spiro atoms. The van der Waals surface area contributed by atoms with Gasteiger partial charge in [-0.25, -0.2) is 15.0 Å². The van der Waals surface area contributed by atoms with Gasteiger partial charge in [0.1, 0.15) is 22.9 Å². The molecule has 3 N–H and O–H groups in total. The van der Waals surface area contributed by atoms with Crippen LogP contribution in [0.3, 0.4) is 0 Å². The molecule has 0 atom stereocenters. The molecule has 8 nitrogen and oxygen atoms in total. The van der Waals surface area contributed by atoms with Gasteiger partial charge in [-0.05, 0) is 37.1 Å². The van der Waals surface area contributed by atoms with Crippen LogP contribution in [-0.4, -0.2) is 67.9 Å². The zero-order valence-electron chi connectivity index (χ0n) is 24.0. The number of imidazole rings is 1. The molecule has 43 heavy (non-hydrogen) atoms. The van der Waals surface area contributed by atoms with Gasteiger partial charge in [-0.15, -0.1) is 5.73 Å². The van der Waals surface area contributed by atoms with Crippen LogP contribution in [0.15, 0.2) is 103 Å². The van der Waals surface area contributed by atoms with E-state index in [1.54, 1.807) is 6.20 Å². The van der Waals surface area contributed by atoms with Crippen molar-refractivity contribution in [3.05, 3.63) is 109 Å². The van der Waals surface area contributed by atoms with E-state index in [0.717, 1.165) is 90.3 Å². The van der Waals surface area contributed by atoms with Crippen molar-refractivity contribution < 1.29 is 0 Å². The summed E-state index contributed by atoms with van der Waals surface area (Å²) < 4.78 is 2.17. The number of nitrogens with zero attached hydrogens (tertiary/aromatic N) is 6. The van der Waals surface area contributed by atoms with Crippen LogP contribution in [0.5, 0.6) is 0 Å². The van der Waals surface area contributed by atoms with Crippen molar-refractivity contribution in [3.8, 4) is 22.5 Å². The second-order valence-electron chi connectivity index (χ2n) is 11.8. The number of anilines is 1. The second kappa shape index (κ2) is 10.8. The average molecular weight is 567 g/mol. The van der Waals surface area contributed by atoms with E-state index in [9.17, 15) is 0 Å². The zero-order chi connectivity index (χ0) is 28.8. The minimum atomic E-state index is 0.393. The van der Waals surface area contributed by atoms with Gasteiger partial charge in [0.15, 0.2) is 0 Å². The second-order valence-corrected chi connectivity index (χ2v) is 11.8. The number of benzene rings is 2. The fourth-order valence-electron chi connectivity index (χ4n) is 6.71.